The summed E-state index contributed by atoms with van der Waals surface area (Å²) in [6.45, 7) is 17.0. The van der Waals surface area contributed by atoms with E-state index in [0.717, 1.165) is 75.7 Å². The molecule has 1 aromatic rings. The molecule has 0 amide bonds. The van der Waals surface area contributed by atoms with Crippen LogP contribution in [-0.4, -0.2) is 61.0 Å². The van der Waals surface area contributed by atoms with Gasteiger partial charge >= 0.3 is 0 Å². The van der Waals surface area contributed by atoms with Gasteiger partial charge in [0.05, 0.1) is 13.2 Å². The summed E-state index contributed by atoms with van der Waals surface area (Å²) in [6, 6.07) is 1.94. The highest BCUT2D eigenvalue weighted by molar-refractivity contribution is 5.57. The number of benzene rings is 1. The van der Waals surface area contributed by atoms with Gasteiger partial charge in [-0.15, -0.1) is 6.58 Å². The number of fused-ring (bicyclic) bond motifs is 1. The number of hydrogen-bond acceptors (Lipinski definition) is 5. The molecule has 4 rings (SSSR count). The maximum atomic E-state index is 10.7. The van der Waals surface area contributed by atoms with E-state index in [1.165, 1.54) is 24.0 Å². The zero-order chi connectivity index (χ0) is 22.2. The summed E-state index contributed by atoms with van der Waals surface area (Å²) in [5.41, 5.74) is 4.81. The average molecular weight is 429 g/mol. The first kappa shape index (κ1) is 23.8. The number of rotatable bonds is 5. The van der Waals surface area contributed by atoms with Crippen molar-refractivity contribution in [3.63, 3.8) is 0 Å². The van der Waals surface area contributed by atoms with Crippen molar-refractivity contribution < 1.29 is 14.6 Å². The molecule has 0 spiro atoms. The Labute approximate surface area is 188 Å². The molecule has 1 aromatic carbocycles. The Balaban J connectivity index is 0.000000858. The first-order valence-corrected chi connectivity index (χ1v) is 11.8. The Hall–Kier alpha value is -1.82. The normalized spacial score (nSPS) is 21.9. The summed E-state index contributed by atoms with van der Waals surface area (Å²) >= 11 is 0. The van der Waals surface area contributed by atoms with Gasteiger partial charge in [-0.25, -0.2) is 0 Å². The van der Waals surface area contributed by atoms with E-state index >= 15 is 0 Å². The Bertz CT molecular complexity index is 768. The summed E-state index contributed by atoms with van der Waals surface area (Å²) in [4.78, 5) is 4.87. The molecule has 1 atom stereocenters. The van der Waals surface area contributed by atoms with E-state index in [1.54, 1.807) is 6.08 Å². The number of nitrogens with zero attached hydrogens (tertiary/aromatic N) is 2. The van der Waals surface area contributed by atoms with Crippen molar-refractivity contribution in [2.75, 3.05) is 46.1 Å². The van der Waals surface area contributed by atoms with Crippen molar-refractivity contribution in [2.45, 2.75) is 58.9 Å². The summed E-state index contributed by atoms with van der Waals surface area (Å²) in [5.74, 6) is 1.61. The lowest BCUT2D eigenvalue weighted by Crippen LogP contribution is -2.39. The molecule has 3 aliphatic rings. The molecule has 5 heteroatoms. The molecule has 31 heavy (non-hydrogen) atoms. The quantitative estimate of drug-likeness (QED) is 0.670. The van der Waals surface area contributed by atoms with Crippen LogP contribution in [0.1, 0.15) is 62.1 Å². The van der Waals surface area contributed by atoms with Gasteiger partial charge in [-0.3, -0.25) is 9.80 Å². The fourth-order valence-electron chi connectivity index (χ4n) is 4.80. The lowest BCUT2D eigenvalue weighted by molar-refractivity contribution is 0.0329. The molecule has 0 saturated carbocycles. The number of phenols is 1. The van der Waals surface area contributed by atoms with Gasteiger partial charge in [0.25, 0.3) is 0 Å². The van der Waals surface area contributed by atoms with Crippen LogP contribution in [0, 0.1) is 6.92 Å². The largest absolute Gasteiger partial charge is 0.507 e. The third-order valence-corrected chi connectivity index (χ3v) is 6.39. The molecule has 0 radical (unpaired) electrons. The van der Waals surface area contributed by atoms with Crippen LogP contribution in [0.5, 0.6) is 11.5 Å². The van der Waals surface area contributed by atoms with E-state index in [4.69, 9.17) is 9.47 Å². The van der Waals surface area contributed by atoms with Gasteiger partial charge in [0.2, 0.25) is 0 Å². The van der Waals surface area contributed by atoms with Crippen molar-refractivity contribution in [2.24, 2.45) is 0 Å². The average Bonchev–Trinajstić information content (AvgIpc) is 2.75. The van der Waals surface area contributed by atoms with Crippen LogP contribution in [0.15, 0.2) is 30.4 Å². The molecule has 1 saturated heterocycles. The first-order chi connectivity index (χ1) is 15.0. The zero-order valence-electron chi connectivity index (χ0n) is 19.7. The second-order valence-corrected chi connectivity index (χ2v) is 8.99. The van der Waals surface area contributed by atoms with Crippen molar-refractivity contribution in [1.82, 2.24) is 9.80 Å². The van der Waals surface area contributed by atoms with Crippen LogP contribution >= 0.6 is 0 Å². The fraction of sp³-hybridized carbons (Fsp3) is 0.615. The van der Waals surface area contributed by atoms with E-state index in [1.807, 2.05) is 13.0 Å². The van der Waals surface area contributed by atoms with Gasteiger partial charge in [-0.1, -0.05) is 17.7 Å². The minimum absolute atomic E-state index is 0.274. The van der Waals surface area contributed by atoms with Gasteiger partial charge < -0.3 is 14.6 Å². The van der Waals surface area contributed by atoms with Crippen LogP contribution in [0.4, 0.5) is 0 Å². The summed E-state index contributed by atoms with van der Waals surface area (Å²) in [7, 11) is 0. The minimum Gasteiger partial charge on any atom is -0.507 e. The van der Waals surface area contributed by atoms with E-state index < -0.39 is 0 Å². The van der Waals surface area contributed by atoms with E-state index in [9.17, 15) is 5.11 Å². The lowest BCUT2D eigenvalue weighted by atomic mass is 9.83. The number of allylic oxidation sites excluding steroid dienone is 3. The van der Waals surface area contributed by atoms with Crippen LogP contribution in [0.25, 0.3) is 0 Å². The summed E-state index contributed by atoms with van der Waals surface area (Å²) in [6.07, 6.45) is 8.67. The predicted molar refractivity (Wildman–Crippen MR) is 127 cm³/mol. The molecule has 172 valence electrons. The van der Waals surface area contributed by atoms with Crippen molar-refractivity contribution in [1.29, 1.82) is 0 Å². The third-order valence-electron chi connectivity index (χ3n) is 6.39. The second kappa shape index (κ2) is 11.7. The molecule has 5 nitrogen and oxygen atoms in total. The fourth-order valence-corrected chi connectivity index (χ4v) is 4.80. The van der Waals surface area contributed by atoms with E-state index in [2.05, 4.69) is 36.3 Å². The zero-order valence-corrected chi connectivity index (χ0v) is 19.7. The van der Waals surface area contributed by atoms with Gasteiger partial charge in [0.1, 0.15) is 18.2 Å². The number of morpholine rings is 1. The minimum atomic E-state index is 0.274. The predicted octanol–water partition coefficient (Wildman–Crippen LogP) is 4.98. The molecular formula is C26H40N2O3. The SMILES string of the molecule is C=CC.CC1=CC(c2c(O)cc(C)c3c2OCN(CCCN2CCOCC2)C3)CCC1. The molecule has 1 unspecified atom stereocenters. The number of phenolic OH excluding ortho intramolecular Hbond substituents is 1. The van der Waals surface area contributed by atoms with Gasteiger partial charge in [0, 0.05) is 43.2 Å². The number of aromatic hydroxyl groups is 1. The molecule has 0 aromatic heterocycles. The summed E-state index contributed by atoms with van der Waals surface area (Å²) < 4.78 is 11.7. The molecular weight excluding hydrogens is 388 g/mol. The van der Waals surface area contributed by atoms with Crippen molar-refractivity contribution >= 4 is 0 Å². The Morgan fingerprint density at radius 1 is 1.19 bits per heavy atom. The van der Waals surface area contributed by atoms with Crippen molar-refractivity contribution in [3.8, 4) is 11.5 Å². The second-order valence-electron chi connectivity index (χ2n) is 8.99. The number of ether oxygens (including phenoxy) is 2. The number of hydrogen-bond donors (Lipinski definition) is 1. The van der Waals surface area contributed by atoms with Crippen LogP contribution in [-0.2, 0) is 11.3 Å². The lowest BCUT2D eigenvalue weighted by Gasteiger charge is -2.34. The van der Waals surface area contributed by atoms with Crippen LogP contribution < -0.4 is 4.74 Å². The Kier molecular flexibility index (Phi) is 9.00. The highest BCUT2D eigenvalue weighted by atomic mass is 16.5. The van der Waals surface area contributed by atoms with Gasteiger partial charge in [-0.2, -0.15) is 0 Å². The smallest absolute Gasteiger partial charge is 0.142 e. The van der Waals surface area contributed by atoms with Gasteiger partial charge in [0.15, 0.2) is 0 Å². The molecule has 2 aliphatic heterocycles. The van der Waals surface area contributed by atoms with Crippen molar-refractivity contribution in [3.05, 3.63) is 47.1 Å². The number of aryl methyl sites for hydroxylation is 1. The van der Waals surface area contributed by atoms with E-state index in [0.29, 0.717) is 12.5 Å². The Morgan fingerprint density at radius 2 is 1.90 bits per heavy atom. The molecule has 2 heterocycles. The van der Waals surface area contributed by atoms with Crippen LogP contribution in [0.3, 0.4) is 0 Å². The highest BCUT2D eigenvalue weighted by Crippen LogP contribution is 2.45. The topological polar surface area (TPSA) is 45.2 Å². The molecule has 0 bridgehead atoms. The maximum Gasteiger partial charge on any atom is 0.142 e. The molecule has 1 aliphatic carbocycles. The highest BCUT2D eigenvalue weighted by Gasteiger charge is 2.28. The molecule has 1 fully saturated rings. The van der Waals surface area contributed by atoms with Crippen LogP contribution in [0.2, 0.25) is 0 Å². The monoisotopic (exact) mass is 428 g/mol. The van der Waals surface area contributed by atoms with Gasteiger partial charge in [-0.05, 0) is 64.6 Å². The third kappa shape index (κ3) is 6.34. The standard InChI is InChI=1S/C23H34N2O3.C3H6/c1-17-5-3-6-19(13-17)22-21(26)14-18(2)20-15-25(16-28-23(20)22)8-4-7-24-9-11-27-12-10-24;1-3-2/h13-14,19,26H,3-12,15-16H2,1-2H3;3H,1H2,2H3. The molecule has 1 N–H and O–H groups in total. The first-order valence-electron chi connectivity index (χ1n) is 11.8. The Morgan fingerprint density at radius 3 is 2.61 bits per heavy atom. The summed E-state index contributed by atoms with van der Waals surface area (Å²) in [5, 5.41) is 10.7. The maximum absolute atomic E-state index is 10.7. The van der Waals surface area contributed by atoms with E-state index in [-0.39, 0.29) is 5.92 Å².